The summed E-state index contributed by atoms with van der Waals surface area (Å²) in [6, 6.07) is 9.99. The van der Waals surface area contributed by atoms with E-state index in [1.54, 1.807) is 11.1 Å². The van der Waals surface area contributed by atoms with E-state index in [-0.39, 0.29) is 41.6 Å². The number of benzene rings is 2. The lowest BCUT2D eigenvalue weighted by Crippen LogP contribution is -2.52. The molecule has 0 bridgehead atoms. The zero-order valence-electron chi connectivity index (χ0n) is 32.0. The van der Waals surface area contributed by atoms with E-state index < -0.39 is 11.9 Å². The van der Waals surface area contributed by atoms with Crippen molar-refractivity contribution in [2.75, 3.05) is 43.8 Å². The van der Waals surface area contributed by atoms with Crippen LogP contribution in [0.1, 0.15) is 91.7 Å². The van der Waals surface area contributed by atoms with Crippen LogP contribution in [0.3, 0.4) is 0 Å². The Bertz CT molecular complexity index is 2090. The number of nitrogens with one attached hydrogen (secondary N) is 2. The highest BCUT2D eigenvalue weighted by molar-refractivity contribution is 6.36. The standard InChI is InChI=1S/C42H49Cl2FN8O4/c43-33-10-11-34(45)39(44)31(33)16-21-57-37-22-27(23-48-40(37)46)28-24-49-53(25-28)29-14-19-51(20-15-29)18-6-4-2-1-3-5-17-47-35-9-7-8-30-32(35)26-52(42(30)56)36-12-13-38(54)50-41(36)55/h7-11,22-25,29,36,47H,1-6,12-21,26H2,(H2,46,48)(H,50,54,55)/t36-/m1/s1. The number of imide groups is 1. The Morgan fingerprint density at radius 3 is 2.56 bits per heavy atom. The molecule has 0 saturated carbocycles. The summed E-state index contributed by atoms with van der Waals surface area (Å²) in [6.45, 7) is 4.62. The molecular formula is C42H49Cl2FN8O4. The molecule has 7 rings (SSSR count). The number of aromatic nitrogens is 3. The number of rotatable bonds is 17. The summed E-state index contributed by atoms with van der Waals surface area (Å²) in [7, 11) is 0. The van der Waals surface area contributed by atoms with Gasteiger partial charge in [0.2, 0.25) is 11.8 Å². The van der Waals surface area contributed by atoms with Gasteiger partial charge in [0.25, 0.3) is 5.91 Å². The molecule has 4 N–H and O–H groups in total. The minimum absolute atomic E-state index is 0.00360. The van der Waals surface area contributed by atoms with E-state index in [2.05, 4.69) is 31.4 Å². The number of anilines is 2. The fourth-order valence-corrected chi connectivity index (χ4v) is 8.59. The van der Waals surface area contributed by atoms with Crippen molar-refractivity contribution in [2.24, 2.45) is 0 Å². The number of pyridine rings is 1. The Hall–Kier alpha value is -4.72. The third-order valence-corrected chi connectivity index (χ3v) is 12.1. The molecule has 0 unspecified atom stereocenters. The number of ether oxygens (including phenoxy) is 1. The molecule has 1 atom stereocenters. The monoisotopic (exact) mass is 818 g/mol. The lowest BCUT2D eigenvalue weighted by Gasteiger charge is -2.32. The lowest BCUT2D eigenvalue weighted by molar-refractivity contribution is -0.136. The number of fused-ring (bicyclic) bond motifs is 1. The third kappa shape index (κ3) is 9.70. The summed E-state index contributed by atoms with van der Waals surface area (Å²) >= 11 is 12.3. The first-order chi connectivity index (χ1) is 27.7. The number of unbranched alkanes of at least 4 members (excludes halogenated alkanes) is 5. The van der Waals surface area contributed by atoms with Crippen molar-refractivity contribution in [3.05, 3.63) is 87.5 Å². The Morgan fingerprint density at radius 1 is 0.965 bits per heavy atom. The normalized spacial score (nSPS) is 17.6. The molecule has 57 heavy (non-hydrogen) atoms. The van der Waals surface area contributed by atoms with Crippen LogP contribution in [-0.4, -0.2) is 81.1 Å². The Labute approximate surface area is 342 Å². The number of nitrogen functional groups attached to an aromatic ring is 1. The van der Waals surface area contributed by atoms with Gasteiger partial charge in [-0.25, -0.2) is 9.37 Å². The predicted molar refractivity (Wildman–Crippen MR) is 219 cm³/mol. The SMILES string of the molecule is Nc1ncc(-c2cnn(C3CCN(CCCCCCCCNc4cccc5c4CN([C@@H]4CCC(=O)NC4=O)C5=O)CC3)c2)cc1OCCc1c(Cl)ccc(F)c1Cl. The molecule has 2 saturated heterocycles. The maximum absolute atomic E-state index is 13.9. The van der Waals surface area contributed by atoms with E-state index in [9.17, 15) is 18.8 Å². The van der Waals surface area contributed by atoms with Gasteiger partial charge >= 0.3 is 0 Å². The fourth-order valence-electron chi connectivity index (χ4n) is 8.03. The minimum atomic E-state index is -0.605. The van der Waals surface area contributed by atoms with Crippen molar-refractivity contribution >= 4 is 52.4 Å². The lowest BCUT2D eigenvalue weighted by atomic mass is 10.0. The van der Waals surface area contributed by atoms with E-state index in [0.717, 1.165) is 74.2 Å². The van der Waals surface area contributed by atoms with Crippen molar-refractivity contribution in [1.82, 2.24) is 29.9 Å². The van der Waals surface area contributed by atoms with Crippen molar-refractivity contribution in [3.63, 3.8) is 0 Å². The number of likely N-dealkylation sites (tertiary alicyclic amines) is 1. The number of hydrogen-bond donors (Lipinski definition) is 3. The summed E-state index contributed by atoms with van der Waals surface area (Å²) in [4.78, 5) is 45.6. The van der Waals surface area contributed by atoms with Crippen LogP contribution < -0.4 is 21.1 Å². The molecule has 0 spiro atoms. The second-order valence-electron chi connectivity index (χ2n) is 15.1. The second kappa shape index (κ2) is 18.7. The summed E-state index contributed by atoms with van der Waals surface area (Å²) in [5, 5.41) is 11.0. The number of nitrogens with zero attached hydrogens (tertiary/aromatic N) is 5. The van der Waals surface area contributed by atoms with Crippen molar-refractivity contribution in [1.29, 1.82) is 0 Å². The smallest absolute Gasteiger partial charge is 0.255 e. The fraction of sp³-hybridized carbons (Fsp3) is 0.452. The number of piperidine rings is 2. The first-order valence-electron chi connectivity index (χ1n) is 19.9. The molecule has 0 aliphatic carbocycles. The number of carbonyl (C=O) groups is 3. The van der Waals surface area contributed by atoms with Gasteiger partial charge in [-0.3, -0.25) is 24.4 Å². The van der Waals surface area contributed by atoms with Crippen LogP contribution in [0.25, 0.3) is 11.1 Å². The van der Waals surface area contributed by atoms with Crippen LogP contribution in [0.15, 0.2) is 55.0 Å². The van der Waals surface area contributed by atoms with Crippen LogP contribution in [0.2, 0.25) is 10.0 Å². The molecule has 3 amide bonds. The number of amides is 3. The van der Waals surface area contributed by atoms with Crippen LogP contribution in [0.5, 0.6) is 5.75 Å². The molecule has 15 heteroatoms. The number of halogens is 3. The Kier molecular flexibility index (Phi) is 13.3. The highest BCUT2D eigenvalue weighted by Gasteiger charge is 2.39. The quantitative estimate of drug-likeness (QED) is 0.0562. The average molecular weight is 820 g/mol. The summed E-state index contributed by atoms with van der Waals surface area (Å²) in [6.07, 6.45) is 15.6. The van der Waals surface area contributed by atoms with Gasteiger partial charge < -0.3 is 25.6 Å². The highest BCUT2D eigenvalue weighted by atomic mass is 35.5. The zero-order valence-corrected chi connectivity index (χ0v) is 33.5. The number of nitrogens with two attached hydrogens (primary N) is 1. The molecule has 3 aliphatic rings. The Morgan fingerprint density at radius 2 is 1.75 bits per heavy atom. The molecule has 2 aromatic carbocycles. The van der Waals surface area contributed by atoms with E-state index in [1.165, 1.54) is 37.8 Å². The van der Waals surface area contributed by atoms with E-state index >= 15 is 0 Å². The minimum Gasteiger partial charge on any atom is -0.489 e. The van der Waals surface area contributed by atoms with Gasteiger partial charge in [-0.15, -0.1) is 0 Å². The van der Waals surface area contributed by atoms with E-state index in [0.29, 0.717) is 47.3 Å². The third-order valence-electron chi connectivity index (χ3n) is 11.3. The molecule has 3 aliphatic heterocycles. The van der Waals surface area contributed by atoms with Gasteiger partial charge in [0, 0.05) is 84.4 Å². The molecule has 0 radical (unpaired) electrons. The van der Waals surface area contributed by atoms with Crippen LogP contribution >= 0.6 is 23.2 Å². The summed E-state index contributed by atoms with van der Waals surface area (Å²) in [5.74, 6) is -0.646. The highest BCUT2D eigenvalue weighted by Crippen LogP contribution is 2.34. The molecule has 2 aromatic heterocycles. The summed E-state index contributed by atoms with van der Waals surface area (Å²) in [5.41, 5.74) is 10.9. The van der Waals surface area contributed by atoms with Crippen LogP contribution in [0.4, 0.5) is 15.9 Å². The molecule has 5 heterocycles. The van der Waals surface area contributed by atoms with Gasteiger partial charge in [-0.2, -0.15) is 5.10 Å². The molecule has 12 nitrogen and oxygen atoms in total. The largest absolute Gasteiger partial charge is 0.489 e. The van der Waals surface area contributed by atoms with Crippen LogP contribution in [0, 0.1) is 5.82 Å². The first kappa shape index (κ1) is 40.5. The maximum atomic E-state index is 13.9. The topological polar surface area (TPSA) is 148 Å². The molecule has 4 aromatic rings. The summed E-state index contributed by atoms with van der Waals surface area (Å²) < 4.78 is 21.9. The average Bonchev–Trinajstić information content (AvgIpc) is 3.83. The van der Waals surface area contributed by atoms with Crippen molar-refractivity contribution in [2.45, 2.75) is 89.3 Å². The maximum Gasteiger partial charge on any atom is 0.255 e. The van der Waals surface area contributed by atoms with Gasteiger partial charge in [0.05, 0.1) is 23.9 Å². The van der Waals surface area contributed by atoms with Crippen LogP contribution in [-0.2, 0) is 22.6 Å². The van der Waals surface area contributed by atoms with Crippen molar-refractivity contribution < 1.29 is 23.5 Å². The first-order valence-corrected chi connectivity index (χ1v) is 20.7. The van der Waals surface area contributed by atoms with Gasteiger partial charge in [0.15, 0.2) is 11.6 Å². The molecule has 302 valence electrons. The molecule has 2 fully saturated rings. The number of carbonyl (C=O) groups excluding carboxylic acids is 3. The van der Waals surface area contributed by atoms with Gasteiger partial charge in [0.1, 0.15) is 11.9 Å². The van der Waals surface area contributed by atoms with Crippen molar-refractivity contribution in [3.8, 4) is 16.9 Å². The van der Waals surface area contributed by atoms with Gasteiger partial charge in [-0.1, -0.05) is 55.0 Å². The second-order valence-corrected chi connectivity index (χ2v) is 15.9. The Balaban J connectivity index is 0.769. The predicted octanol–water partition coefficient (Wildman–Crippen LogP) is 7.45. The van der Waals surface area contributed by atoms with Gasteiger partial charge in [-0.05, 0) is 74.5 Å². The molecular weight excluding hydrogens is 770 g/mol. The number of hydrogen-bond acceptors (Lipinski definition) is 9. The zero-order chi connectivity index (χ0) is 39.9. The van der Waals surface area contributed by atoms with E-state index in [4.69, 9.17) is 38.8 Å². The van der Waals surface area contributed by atoms with E-state index in [1.807, 2.05) is 30.5 Å².